The van der Waals surface area contributed by atoms with Crippen LogP contribution in [0.4, 0.5) is 0 Å². The Hall–Kier alpha value is -2.30. The second-order valence-electron chi connectivity index (χ2n) is 4.14. The number of imidazole rings is 1. The zero-order valence-electron chi connectivity index (χ0n) is 10.8. The zero-order chi connectivity index (χ0) is 13.5. The normalized spacial score (nSPS) is 10.2. The van der Waals surface area contributed by atoms with Gasteiger partial charge < -0.3 is 15.0 Å². The molecule has 0 fully saturated rings. The summed E-state index contributed by atoms with van der Waals surface area (Å²) in [4.78, 5) is 18.4. The van der Waals surface area contributed by atoms with Crippen LogP contribution in [0.5, 0.6) is 5.75 Å². The predicted molar refractivity (Wildman–Crippen MR) is 71.7 cm³/mol. The molecule has 0 atom stereocenters. The second-order valence-corrected chi connectivity index (χ2v) is 4.14. The Morgan fingerprint density at radius 2 is 2.37 bits per heavy atom. The van der Waals surface area contributed by atoms with Crippen molar-refractivity contribution < 1.29 is 9.53 Å². The highest BCUT2D eigenvalue weighted by Crippen LogP contribution is 2.13. The summed E-state index contributed by atoms with van der Waals surface area (Å²) in [6.07, 6.45) is 4.20. The molecule has 0 aliphatic rings. The summed E-state index contributed by atoms with van der Waals surface area (Å²) < 4.78 is 5.44. The molecule has 1 amide bonds. The van der Waals surface area contributed by atoms with Crippen molar-refractivity contribution in [2.75, 3.05) is 6.61 Å². The van der Waals surface area contributed by atoms with Crippen molar-refractivity contribution in [1.29, 1.82) is 0 Å². The van der Waals surface area contributed by atoms with Gasteiger partial charge in [-0.05, 0) is 24.1 Å². The van der Waals surface area contributed by atoms with Crippen molar-refractivity contribution in [3.63, 3.8) is 0 Å². The predicted octanol–water partition coefficient (Wildman–Crippen LogP) is 1.67. The van der Waals surface area contributed by atoms with E-state index in [1.807, 2.05) is 24.3 Å². The van der Waals surface area contributed by atoms with Gasteiger partial charge in [-0.2, -0.15) is 0 Å². The fourth-order valence-corrected chi connectivity index (χ4v) is 1.63. The molecule has 0 saturated heterocycles. The van der Waals surface area contributed by atoms with Crippen LogP contribution in [0.2, 0.25) is 0 Å². The van der Waals surface area contributed by atoms with Gasteiger partial charge in [0.1, 0.15) is 5.75 Å². The number of aryl methyl sites for hydroxylation is 1. The number of nitrogens with one attached hydrogen (secondary N) is 2. The van der Waals surface area contributed by atoms with Crippen LogP contribution in [-0.2, 0) is 17.8 Å². The topological polar surface area (TPSA) is 67.0 Å². The van der Waals surface area contributed by atoms with Crippen molar-refractivity contribution in [2.24, 2.45) is 0 Å². The largest absolute Gasteiger partial charge is 0.484 e. The molecule has 0 bridgehead atoms. The first-order chi connectivity index (χ1) is 9.28. The lowest BCUT2D eigenvalue weighted by Gasteiger charge is -2.07. The number of amides is 1. The van der Waals surface area contributed by atoms with E-state index >= 15 is 0 Å². The van der Waals surface area contributed by atoms with Crippen LogP contribution in [0.25, 0.3) is 0 Å². The molecule has 5 heteroatoms. The highest BCUT2D eigenvalue weighted by Gasteiger charge is 2.03. The van der Waals surface area contributed by atoms with E-state index in [0.717, 1.165) is 17.9 Å². The number of benzene rings is 1. The molecule has 0 aliphatic carbocycles. The maximum atomic E-state index is 11.6. The molecular formula is C14H17N3O2. The van der Waals surface area contributed by atoms with Gasteiger partial charge >= 0.3 is 0 Å². The van der Waals surface area contributed by atoms with Crippen molar-refractivity contribution in [3.05, 3.63) is 48.0 Å². The quantitative estimate of drug-likeness (QED) is 0.829. The van der Waals surface area contributed by atoms with Crippen molar-refractivity contribution >= 4 is 5.91 Å². The number of H-pyrrole nitrogens is 1. The Morgan fingerprint density at radius 3 is 3.11 bits per heavy atom. The van der Waals surface area contributed by atoms with E-state index in [1.165, 1.54) is 5.56 Å². The Labute approximate surface area is 112 Å². The SMILES string of the molecule is CCc1cccc(OCC(=O)NCc2cnc[nH]2)c1. The van der Waals surface area contributed by atoms with Gasteiger partial charge in [-0.25, -0.2) is 4.98 Å². The number of hydrogen-bond acceptors (Lipinski definition) is 3. The van der Waals surface area contributed by atoms with Gasteiger partial charge in [-0.3, -0.25) is 4.79 Å². The molecule has 100 valence electrons. The molecule has 2 aromatic rings. The van der Waals surface area contributed by atoms with Crippen LogP contribution in [0.1, 0.15) is 18.2 Å². The minimum Gasteiger partial charge on any atom is -0.484 e. The lowest BCUT2D eigenvalue weighted by atomic mass is 10.2. The van der Waals surface area contributed by atoms with Gasteiger partial charge in [0.25, 0.3) is 5.91 Å². The van der Waals surface area contributed by atoms with Crippen LogP contribution in [0, 0.1) is 0 Å². The highest BCUT2D eigenvalue weighted by atomic mass is 16.5. The fourth-order valence-electron chi connectivity index (χ4n) is 1.63. The number of aromatic amines is 1. The molecule has 1 aromatic heterocycles. The van der Waals surface area contributed by atoms with Gasteiger partial charge in [0, 0.05) is 6.20 Å². The summed E-state index contributed by atoms with van der Waals surface area (Å²) in [7, 11) is 0. The molecule has 1 aromatic carbocycles. The minimum atomic E-state index is -0.156. The molecule has 1 heterocycles. The van der Waals surface area contributed by atoms with Crippen molar-refractivity contribution in [1.82, 2.24) is 15.3 Å². The molecule has 2 N–H and O–H groups in total. The van der Waals surface area contributed by atoms with E-state index in [1.54, 1.807) is 12.5 Å². The molecule has 2 rings (SSSR count). The Bertz CT molecular complexity index is 523. The van der Waals surface area contributed by atoms with E-state index in [4.69, 9.17) is 4.74 Å². The molecular weight excluding hydrogens is 242 g/mol. The standard InChI is InChI=1S/C14H17N3O2/c1-2-11-4-3-5-13(6-11)19-9-14(18)16-8-12-7-15-10-17-12/h3-7,10H,2,8-9H2,1H3,(H,15,17)(H,16,18). The number of ether oxygens (including phenoxy) is 1. The van der Waals surface area contributed by atoms with Gasteiger partial charge in [0.2, 0.25) is 0 Å². The lowest BCUT2D eigenvalue weighted by molar-refractivity contribution is -0.123. The highest BCUT2D eigenvalue weighted by molar-refractivity contribution is 5.77. The zero-order valence-corrected chi connectivity index (χ0v) is 10.8. The molecule has 19 heavy (non-hydrogen) atoms. The fraction of sp³-hybridized carbons (Fsp3) is 0.286. The van der Waals surface area contributed by atoms with E-state index in [9.17, 15) is 4.79 Å². The summed E-state index contributed by atoms with van der Waals surface area (Å²) in [6, 6.07) is 7.76. The maximum absolute atomic E-state index is 11.6. The Kier molecular flexibility index (Phi) is 4.55. The summed E-state index contributed by atoms with van der Waals surface area (Å²) in [5, 5.41) is 2.75. The van der Waals surface area contributed by atoms with Crippen LogP contribution in [-0.4, -0.2) is 22.5 Å². The van der Waals surface area contributed by atoms with E-state index in [-0.39, 0.29) is 12.5 Å². The van der Waals surface area contributed by atoms with Crippen LogP contribution in [0.15, 0.2) is 36.8 Å². The van der Waals surface area contributed by atoms with Crippen molar-refractivity contribution in [2.45, 2.75) is 19.9 Å². The number of carbonyl (C=O) groups excluding carboxylic acids is 1. The van der Waals surface area contributed by atoms with Gasteiger partial charge in [-0.15, -0.1) is 0 Å². The summed E-state index contributed by atoms with van der Waals surface area (Å²) in [6.45, 7) is 2.52. The number of aromatic nitrogens is 2. The Morgan fingerprint density at radius 1 is 1.47 bits per heavy atom. The Balaban J connectivity index is 1.76. The minimum absolute atomic E-state index is 0.0152. The first kappa shape index (κ1) is 13.1. The molecule has 0 unspecified atom stereocenters. The molecule has 0 aliphatic heterocycles. The van der Waals surface area contributed by atoms with Gasteiger partial charge in [0.05, 0.1) is 18.6 Å². The average molecular weight is 259 g/mol. The third kappa shape index (κ3) is 4.13. The summed E-state index contributed by atoms with van der Waals surface area (Å²) in [5.41, 5.74) is 2.05. The van der Waals surface area contributed by atoms with Gasteiger partial charge in [0.15, 0.2) is 6.61 Å². The first-order valence-electron chi connectivity index (χ1n) is 6.23. The average Bonchev–Trinajstić information content (AvgIpc) is 2.96. The number of carbonyl (C=O) groups is 1. The monoisotopic (exact) mass is 259 g/mol. The maximum Gasteiger partial charge on any atom is 0.258 e. The second kappa shape index (κ2) is 6.58. The third-order valence-corrected chi connectivity index (χ3v) is 2.71. The third-order valence-electron chi connectivity index (χ3n) is 2.71. The van der Waals surface area contributed by atoms with E-state index in [0.29, 0.717) is 6.54 Å². The first-order valence-corrected chi connectivity index (χ1v) is 6.23. The molecule has 0 radical (unpaired) electrons. The van der Waals surface area contributed by atoms with Crippen LogP contribution < -0.4 is 10.1 Å². The van der Waals surface area contributed by atoms with Gasteiger partial charge in [-0.1, -0.05) is 19.1 Å². The number of nitrogens with zero attached hydrogens (tertiary/aromatic N) is 1. The molecule has 0 saturated carbocycles. The summed E-state index contributed by atoms with van der Waals surface area (Å²) in [5.74, 6) is 0.563. The molecule has 5 nitrogen and oxygen atoms in total. The molecule has 0 spiro atoms. The van der Waals surface area contributed by atoms with E-state index < -0.39 is 0 Å². The number of rotatable bonds is 6. The van der Waals surface area contributed by atoms with Crippen LogP contribution in [0.3, 0.4) is 0 Å². The van der Waals surface area contributed by atoms with Crippen LogP contribution >= 0.6 is 0 Å². The summed E-state index contributed by atoms with van der Waals surface area (Å²) >= 11 is 0. The van der Waals surface area contributed by atoms with Crippen molar-refractivity contribution in [3.8, 4) is 5.75 Å². The smallest absolute Gasteiger partial charge is 0.258 e. The van der Waals surface area contributed by atoms with E-state index in [2.05, 4.69) is 22.2 Å². The lowest BCUT2D eigenvalue weighted by Crippen LogP contribution is -2.28. The number of hydrogen-bond donors (Lipinski definition) is 2.